The van der Waals surface area contributed by atoms with Crippen molar-refractivity contribution in [1.29, 1.82) is 0 Å². The van der Waals surface area contributed by atoms with Crippen molar-refractivity contribution in [3.63, 3.8) is 0 Å². The van der Waals surface area contributed by atoms with Gasteiger partial charge in [0.05, 0.1) is 16.8 Å². The van der Waals surface area contributed by atoms with Crippen molar-refractivity contribution in [2.45, 2.75) is 25.8 Å². The first kappa shape index (κ1) is 18.7. The predicted octanol–water partition coefficient (Wildman–Crippen LogP) is 5.27. The Morgan fingerprint density at radius 3 is 2.71 bits per heavy atom. The quantitative estimate of drug-likeness (QED) is 0.652. The molecular weight excluding hydrogens is 377 g/mol. The molecule has 0 bridgehead atoms. The first-order valence-corrected chi connectivity index (χ1v) is 9.86. The summed E-state index contributed by atoms with van der Waals surface area (Å²) in [4.78, 5) is 19.5. The highest BCUT2D eigenvalue weighted by molar-refractivity contribution is 6.31. The van der Waals surface area contributed by atoms with Crippen molar-refractivity contribution in [2.75, 3.05) is 18.4 Å². The number of pyridine rings is 1. The zero-order chi connectivity index (χ0) is 19.5. The molecule has 0 radical (unpaired) electrons. The van der Waals surface area contributed by atoms with E-state index in [0.29, 0.717) is 17.1 Å². The van der Waals surface area contributed by atoms with Crippen LogP contribution in [0.2, 0.25) is 5.02 Å². The fraction of sp³-hybridized carbons (Fsp3) is 0.273. The Bertz CT molecular complexity index is 1020. The lowest BCUT2D eigenvalue weighted by Crippen LogP contribution is -2.36. The lowest BCUT2D eigenvalue weighted by molar-refractivity contribution is 0.0725. The summed E-state index contributed by atoms with van der Waals surface area (Å²) in [6.45, 7) is 1.93. The Balaban J connectivity index is 1.70. The van der Waals surface area contributed by atoms with Crippen LogP contribution in [0.15, 0.2) is 48.7 Å². The van der Waals surface area contributed by atoms with Gasteiger partial charge in [0.15, 0.2) is 0 Å². The number of aromatic nitrogens is 1. The zero-order valence-corrected chi connectivity index (χ0v) is 16.2. The molecule has 1 amide bonds. The molecule has 2 aromatic carbocycles. The summed E-state index contributed by atoms with van der Waals surface area (Å²) >= 11 is 6.17. The van der Waals surface area contributed by atoms with Crippen molar-refractivity contribution in [2.24, 2.45) is 0 Å². The number of anilines is 1. The molecule has 4 nitrogen and oxygen atoms in total. The second kappa shape index (κ2) is 8.15. The Morgan fingerprint density at radius 2 is 1.93 bits per heavy atom. The number of hydrogen-bond acceptors (Lipinski definition) is 3. The SMILES string of the molecule is O=C(c1cnc2ccccc2c1NCc1ccc(F)cc1Cl)N1CCCCC1. The van der Waals surface area contributed by atoms with Crippen molar-refractivity contribution in [3.05, 3.63) is 70.6 Å². The first-order valence-electron chi connectivity index (χ1n) is 9.48. The summed E-state index contributed by atoms with van der Waals surface area (Å²) in [5, 5.41) is 4.59. The molecule has 6 heteroatoms. The van der Waals surface area contributed by atoms with Gasteiger partial charge in [-0.3, -0.25) is 9.78 Å². The van der Waals surface area contributed by atoms with Gasteiger partial charge in [0.1, 0.15) is 5.82 Å². The predicted molar refractivity (Wildman–Crippen MR) is 110 cm³/mol. The van der Waals surface area contributed by atoms with Gasteiger partial charge in [0, 0.05) is 36.2 Å². The summed E-state index contributed by atoms with van der Waals surface area (Å²) in [5.41, 5.74) is 2.87. The van der Waals surface area contributed by atoms with Crippen LogP contribution in [-0.2, 0) is 6.54 Å². The second-order valence-electron chi connectivity index (χ2n) is 7.01. The van der Waals surface area contributed by atoms with E-state index in [1.165, 1.54) is 12.1 Å². The Morgan fingerprint density at radius 1 is 1.14 bits per heavy atom. The van der Waals surface area contributed by atoms with Gasteiger partial charge in [0.2, 0.25) is 0 Å². The third-order valence-corrected chi connectivity index (χ3v) is 5.47. The largest absolute Gasteiger partial charge is 0.380 e. The van der Waals surface area contributed by atoms with Crippen LogP contribution in [0.1, 0.15) is 35.2 Å². The number of piperidine rings is 1. The number of halogens is 2. The third kappa shape index (κ3) is 3.80. The molecule has 1 aromatic heterocycles. The number of amides is 1. The topological polar surface area (TPSA) is 45.2 Å². The van der Waals surface area contributed by atoms with Crippen LogP contribution in [-0.4, -0.2) is 28.9 Å². The van der Waals surface area contributed by atoms with Crippen LogP contribution in [0.5, 0.6) is 0 Å². The van der Waals surface area contributed by atoms with E-state index in [4.69, 9.17) is 11.6 Å². The molecule has 144 valence electrons. The maximum absolute atomic E-state index is 13.3. The van der Waals surface area contributed by atoms with Gasteiger partial charge in [-0.1, -0.05) is 35.9 Å². The molecule has 4 rings (SSSR count). The Kier molecular flexibility index (Phi) is 5.44. The average Bonchev–Trinajstić information content (AvgIpc) is 2.73. The van der Waals surface area contributed by atoms with Crippen molar-refractivity contribution >= 4 is 34.1 Å². The molecule has 1 aliphatic rings. The summed E-state index contributed by atoms with van der Waals surface area (Å²) < 4.78 is 13.3. The fourth-order valence-corrected chi connectivity index (χ4v) is 3.84. The number of hydrogen-bond donors (Lipinski definition) is 1. The van der Waals surface area contributed by atoms with Crippen LogP contribution in [0, 0.1) is 5.82 Å². The van der Waals surface area contributed by atoms with E-state index in [0.717, 1.165) is 54.5 Å². The van der Waals surface area contributed by atoms with E-state index in [9.17, 15) is 9.18 Å². The minimum atomic E-state index is -0.371. The van der Waals surface area contributed by atoms with Crippen LogP contribution < -0.4 is 5.32 Å². The Hall–Kier alpha value is -2.66. The summed E-state index contributed by atoms with van der Waals surface area (Å²) in [5.74, 6) is -0.380. The number of fused-ring (bicyclic) bond motifs is 1. The van der Waals surface area contributed by atoms with Crippen LogP contribution in [0.3, 0.4) is 0 Å². The number of rotatable bonds is 4. The van der Waals surface area contributed by atoms with Gasteiger partial charge in [-0.05, 0) is 43.0 Å². The van der Waals surface area contributed by atoms with Gasteiger partial charge in [-0.2, -0.15) is 0 Å². The first-order chi connectivity index (χ1) is 13.6. The lowest BCUT2D eigenvalue weighted by Gasteiger charge is -2.27. The van der Waals surface area contributed by atoms with Crippen molar-refractivity contribution < 1.29 is 9.18 Å². The molecule has 0 spiro atoms. The van der Waals surface area contributed by atoms with Crippen molar-refractivity contribution in [1.82, 2.24) is 9.88 Å². The summed E-state index contributed by atoms with van der Waals surface area (Å²) in [7, 11) is 0. The minimum Gasteiger partial charge on any atom is -0.380 e. The van der Waals surface area contributed by atoms with Gasteiger partial charge in [0.25, 0.3) is 5.91 Å². The standard InChI is InChI=1S/C22H21ClFN3O/c23-19-12-16(24)9-8-15(19)13-26-21-17-6-2-3-7-20(17)25-14-18(21)22(28)27-10-4-1-5-11-27/h2-3,6-9,12,14H,1,4-5,10-11,13H2,(H,25,26). The highest BCUT2D eigenvalue weighted by Crippen LogP contribution is 2.29. The minimum absolute atomic E-state index is 0.00865. The fourth-order valence-electron chi connectivity index (χ4n) is 3.61. The zero-order valence-electron chi connectivity index (χ0n) is 15.4. The number of nitrogens with zero attached hydrogens (tertiary/aromatic N) is 2. The molecule has 3 aromatic rings. The van der Waals surface area contributed by atoms with E-state index in [1.54, 1.807) is 12.3 Å². The summed E-state index contributed by atoms with van der Waals surface area (Å²) in [6, 6.07) is 12.0. The molecular formula is C22H21ClFN3O. The van der Waals surface area contributed by atoms with E-state index in [1.807, 2.05) is 29.2 Å². The lowest BCUT2D eigenvalue weighted by atomic mass is 10.1. The molecule has 1 saturated heterocycles. The molecule has 2 heterocycles. The summed E-state index contributed by atoms with van der Waals surface area (Å²) in [6.07, 6.45) is 4.86. The molecule has 0 unspecified atom stereocenters. The van der Waals surface area contributed by atoms with E-state index in [-0.39, 0.29) is 11.7 Å². The molecule has 1 aliphatic heterocycles. The number of nitrogens with one attached hydrogen (secondary N) is 1. The number of para-hydroxylation sites is 1. The van der Waals surface area contributed by atoms with E-state index in [2.05, 4.69) is 10.3 Å². The van der Waals surface area contributed by atoms with Crippen LogP contribution >= 0.6 is 11.6 Å². The highest BCUT2D eigenvalue weighted by Gasteiger charge is 2.22. The van der Waals surface area contributed by atoms with Gasteiger partial charge in [-0.15, -0.1) is 0 Å². The van der Waals surface area contributed by atoms with Gasteiger partial charge < -0.3 is 10.2 Å². The number of benzene rings is 2. The van der Waals surface area contributed by atoms with Crippen molar-refractivity contribution in [3.8, 4) is 0 Å². The number of carbonyl (C=O) groups is 1. The van der Waals surface area contributed by atoms with Gasteiger partial charge in [-0.25, -0.2) is 4.39 Å². The van der Waals surface area contributed by atoms with Gasteiger partial charge >= 0.3 is 0 Å². The Labute approximate surface area is 168 Å². The normalized spacial score (nSPS) is 14.3. The smallest absolute Gasteiger partial charge is 0.257 e. The molecule has 0 saturated carbocycles. The third-order valence-electron chi connectivity index (χ3n) is 5.12. The van der Waals surface area contributed by atoms with Crippen LogP contribution in [0.4, 0.5) is 10.1 Å². The van der Waals surface area contributed by atoms with Crippen LogP contribution in [0.25, 0.3) is 10.9 Å². The van der Waals surface area contributed by atoms with E-state index < -0.39 is 0 Å². The molecule has 1 fully saturated rings. The second-order valence-corrected chi connectivity index (χ2v) is 7.41. The number of likely N-dealkylation sites (tertiary alicyclic amines) is 1. The van der Waals surface area contributed by atoms with E-state index >= 15 is 0 Å². The maximum atomic E-state index is 13.3. The molecule has 0 aliphatic carbocycles. The monoisotopic (exact) mass is 397 g/mol. The number of carbonyl (C=O) groups excluding carboxylic acids is 1. The molecule has 0 atom stereocenters. The highest BCUT2D eigenvalue weighted by atomic mass is 35.5. The molecule has 28 heavy (non-hydrogen) atoms. The average molecular weight is 398 g/mol. The molecule has 1 N–H and O–H groups in total. The maximum Gasteiger partial charge on any atom is 0.257 e.